The number of halogens is 1. The number of hydrogen-bond acceptors (Lipinski definition) is 5. The van der Waals surface area contributed by atoms with Crippen molar-refractivity contribution < 1.29 is 14.0 Å². The first-order valence-electron chi connectivity index (χ1n) is 8.13. The van der Waals surface area contributed by atoms with Gasteiger partial charge in [0, 0.05) is 16.6 Å². The number of nitrogens with one attached hydrogen (secondary N) is 3. The maximum atomic E-state index is 13.8. The number of carbonyl (C=O) groups excluding carboxylic acids is 2. The highest BCUT2D eigenvalue weighted by molar-refractivity contribution is 7.13. The summed E-state index contributed by atoms with van der Waals surface area (Å²) in [6.45, 7) is 1.98. The number of carbonyl (C=O) groups is 2. The zero-order valence-electron chi connectivity index (χ0n) is 14.5. The van der Waals surface area contributed by atoms with E-state index >= 15 is 0 Å². The Morgan fingerprint density at radius 3 is 2.56 bits per heavy atom. The Balaban J connectivity index is 1.51. The first kappa shape index (κ1) is 18.5. The standard InChI is InChI=1S/C19H17FN4O2S/c1-12-6-8-13(9-7-12)21-10-17(25)23-24-18(26)16-11-27-19(22-16)14-4-2-3-5-15(14)20/h2-9,11,21H,10H2,1H3,(H,23,25)(H,24,26). The van der Waals surface area contributed by atoms with E-state index < -0.39 is 17.6 Å². The smallest absolute Gasteiger partial charge is 0.289 e. The molecule has 8 heteroatoms. The van der Waals surface area contributed by atoms with Crippen LogP contribution in [0.25, 0.3) is 10.6 Å². The minimum absolute atomic E-state index is 0.000876. The lowest BCUT2D eigenvalue weighted by atomic mass is 10.2. The summed E-state index contributed by atoms with van der Waals surface area (Å²) in [5.74, 6) is -1.39. The van der Waals surface area contributed by atoms with Crippen LogP contribution >= 0.6 is 11.3 Å². The number of rotatable bonds is 5. The molecule has 1 heterocycles. The summed E-state index contributed by atoms with van der Waals surface area (Å²) in [6.07, 6.45) is 0. The third kappa shape index (κ3) is 4.89. The van der Waals surface area contributed by atoms with Gasteiger partial charge in [-0.15, -0.1) is 11.3 Å². The van der Waals surface area contributed by atoms with E-state index in [0.717, 1.165) is 22.6 Å². The number of hydrazine groups is 1. The fourth-order valence-corrected chi connectivity index (χ4v) is 3.05. The molecular formula is C19H17FN4O2S. The summed E-state index contributed by atoms with van der Waals surface area (Å²) < 4.78 is 13.8. The number of thiazole rings is 1. The monoisotopic (exact) mass is 384 g/mol. The number of benzene rings is 2. The van der Waals surface area contributed by atoms with Gasteiger partial charge in [0.15, 0.2) is 0 Å². The lowest BCUT2D eigenvalue weighted by molar-refractivity contribution is -0.120. The molecular weight excluding hydrogens is 367 g/mol. The molecule has 2 amide bonds. The van der Waals surface area contributed by atoms with Crippen LogP contribution in [0, 0.1) is 12.7 Å². The zero-order chi connectivity index (χ0) is 19.2. The lowest BCUT2D eigenvalue weighted by Gasteiger charge is -2.08. The molecule has 6 nitrogen and oxygen atoms in total. The summed E-state index contributed by atoms with van der Waals surface area (Å²) in [6, 6.07) is 13.8. The molecule has 0 aliphatic rings. The van der Waals surface area contributed by atoms with Crippen molar-refractivity contribution in [1.82, 2.24) is 15.8 Å². The first-order valence-corrected chi connectivity index (χ1v) is 9.01. The van der Waals surface area contributed by atoms with Gasteiger partial charge in [-0.1, -0.05) is 29.8 Å². The highest BCUT2D eigenvalue weighted by Gasteiger charge is 2.14. The van der Waals surface area contributed by atoms with E-state index in [1.165, 1.54) is 11.4 Å². The van der Waals surface area contributed by atoms with Gasteiger partial charge in [0.2, 0.25) is 0 Å². The van der Waals surface area contributed by atoms with Gasteiger partial charge >= 0.3 is 0 Å². The topological polar surface area (TPSA) is 83.1 Å². The third-order valence-electron chi connectivity index (χ3n) is 3.66. The van der Waals surface area contributed by atoms with E-state index in [4.69, 9.17) is 0 Å². The van der Waals surface area contributed by atoms with Crippen LogP contribution in [0.3, 0.4) is 0 Å². The Hall–Kier alpha value is -3.26. The highest BCUT2D eigenvalue weighted by atomic mass is 32.1. The van der Waals surface area contributed by atoms with Gasteiger partial charge in [0.05, 0.1) is 6.54 Å². The van der Waals surface area contributed by atoms with Crippen LogP contribution in [-0.4, -0.2) is 23.3 Å². The fourth-order valence-electron chi connectivity index (χ4n) is 2.22. The van der Waals surface area contributed by atoms with E-state index in [1.807, 2.05) is 31.2 Å². The SMILES string of the molecule is Cc1ccc(NCC(=O)NNC(=O)c2csc(-c3ccccc3F)n2)cc1. The molecule has 0 aliphatic heterocycles. The molecule has 1 aromatic heterocycles. The van der Waals surface area contributed by atoms with Crippen LogP contribution in [-0.2, 0) is 4.79 Å². The average Bonchev–Trinajstić information content (AvgIpc) is 3.16. The maximum absolute atomic E-state index is 13.8. The van der Waals surface area contributed by atoms with Gasteiger partial charge in [-0.3, -0.25) is 20.4 Å². The molecule has 27 heavy (non-hydrogen) atoms. The van der Waals surface area contributed by atoms with Crippen LogP contribution in [0.1, 0.15) is 16.1 Å². The van der Waals surface area contributed by atoms with Crippen LogP contribution in [0.15, 0.2) is 53.9 Å². The summed E-state index contributed by atoms with van der Waals surface area (Å²) in [5.41, 5.74) is 6.96. The van der Waals surface area contributed by atoms with Crippen molar-refractivity contribution in [3.63, 3.8) is 0 Å². The van der Waals surface area contributed by atoms with E-state index in [1.54, 1.807) is 18.2 Å². The molecule has 0 bridgehead atoms. The van der Waals surface area contributed by atoms with Gasteiger partial charge in [-0.2, -0.15) is 0 Å². The second-order valence-electron chi connectivity index (χ2n) is 5.74. The van der Waals surface area contributed by atoms with Crippen molar-refractivity contribution in [2.24, 2.45) is 0 Å². The summed E-state index contributed by atoms with van der Waals surface area (Å²) >= 11 is 1.15. The number of aryl methyl sites for hydroxylation is 1. The van der Waals surface area contributed by atoms with Crippen LogP contribution in [0.4, 0.5) is 10.1 Å². The minimum Gasteiger partial charge on any atom is -0.376 e. The van der Waals surface area contributed by atoms with Crippen LogP contribution in [0.5, 0.6) is 0 Å². The second-order valence-corrected chi connectivity index (χ2v) is 6.60. The van der Waals surface area contributed by atoms with E-state index in [2.05, 4.69) is 21.2 Å². The van der Waals surface area contributed by atoms with Gasteiger partial charge in [0.1, 0.15) is 16.5 Å². The summed E-state index contributed by atoms with van der Waals surface area (Å²) in [4.78, 5) is 28.0. The number of nitrogens with zero attached hydrogens (tertiary/aromatic N) is 1. The molecule has 0 saturated carbocycles. The number of hydrogen-bond donors (Lipinski definition) is 3. The van der Waals surface area contributed by atoms with Crippen molar-refractivity contribution in [3.8, 4) is 10.6 Å². The molecule has 0 saturated heterocycles. The predicted molar refractivity (Wildman–Crippen MR) is 103 cm³/mol. The fraction of sp³-hybridized carbons (Fsp3) is 0.105. The Bertz CT molecular complexity index is 956. The van der Waals surface area contributed by atoms with Gasteiger partial charge < -0.3 is 5.32 Å². The normalized spacial score (nSPS) is 10.3. The molecule has 138 valence electrons. The second kappa shape index (κ2) is 8.41. The molecule has 0 radical (unpaired) electrons. The molecule has 3 aromatic rings. The largest absolute Gasteiger partial charge is 0.376 e. The summed E-state index contributed by atoms with van der Waals surface area (Å²) in [7, 11) is 0. The van der Waals surface area contributed by atoms with E-state index in [9.17, 15) is 14.0 Å². The van der Waals surface area contributed by atoms with Crippen molar-refractivity contribution in [2.75, 3.05) is 11.9 Å². The number of amides is 2. The predicted octanol–water partition coefficient (Wildman–Crippen LogP) is 3.13. The maximum Gasteiger partial charge on any atom is 0.289 e. The van der Waals surface area contributed by atoms with E-state index in [-0.39, 0.29) is 12.2 Å². The van der Waals surface area contributed by atoms with Crippen LogP contribution in [0.2, 0.25) is 0 Å². The van der Waals surface area contributed by atoms with Crippen LogP contribution < -0.4 is 16.2 Å². The lowest BCUT2D eigenvalue weighted by Crippen LogP contribution is -2.44. The molecule has 3 N–H and O–H groups in total. The summed E-state index contributed by atoms with van der Waals surface area (Å²) in [5, 5.41) is 4.85. The molecule has 2 aromatic carbocycles. The molecule has 0 atom stereocenters. The Kier molecular flexibility index (Phi) is 5.77. The van der Waals surface area contributed by atoms with Gasteiger partial charge in [-0.25, -0.2) is 9.37 Å². The molecule has 0 unspecified atom stereocenters. The number of aromatic nitrogens is 1. The quantitative estimate of drug-likeness (QED) is 0.590. The molecule has 0 aliphatic carbocycles. The van der Waals surface area contributed by atoms with E-state index in [0.29, 0.717) is 10.6 Å². The average molecular weight is 384 g/mol. The van der Waals surface area contributed by atoms with Crippen molar-refractivity contribution in [2.45, 2.75) is 6.92 Å². The highest BCUT2D eigenvalue weighted by Crippen LogP contribution is 2.25. The van der Waals surface area contributed by atoms with Gasteiger partial charge in [0.25, 0.3) is 11.8 Å². The zero-order valence-corrected chi connectivity index (χ0v) is 15.3. The Morgan fingerprint density at radius 1 is 1.07 bits per heavy atom. The Morgan fingerprint density at radius 2 is 1.81 bits per heavy atom. The van der Waals surface area contributed by atoms with Crippen molar-refractivity contribution in [1.29, 1.82) is 0 Å². The third-order valence-corrected chi connectivity index (χ3v) is 4.54. The van der Waals surface area contributed by atoms with Crippen molar-refractivity contribution >= 4 is 28.8 Å². The molecule has 0 fully saturated rings. The molecule has 3 rings (SSSR count). The first-order chi connectivity index (χ1) is 13.0. The Labute approximate surface area is 159 Å². The van der Waals surface area contributed by atoms with Gasteiger partial charge in [-0.05, 0) is 31.2 Å². The number of anilines is 1. The minimum atomic E-state index is -0.572. The molecule has 0 spiro atoms. The van der Waals surface area contributed by atoms with Crippen molar-refractivity contribution in [3.05, 3.63) is 71.0 Å².